The summed E-state index contributed by atoms with van der Waals surface area (Å²) < 4.78 is 0. The molecule has 0 spiro atoms. The Morgan fingerprint density at radius 3 is 2.26 bits per heavy atom. The van der Waals surface area contributed by atoms with Crippen molar-refractivity contribution in [1.82, 2.24) is 4.90 Å². The molecule has 4 atom stereocenters. The molecule has 2 aromatic carbocycles. The zero-order valence-electron chi connectivity index (χ0n) is 15.9. The van der Waals surface area contributed by atoms with E-state index in [1.54, 1.807) is 24.3 Å². The van der Waals surface area contributed by atoms with Gasteiger partial charge in [0.2, 0.25) is 0 Å². The summed E-state index contributed by atoms with van der Waals surface area (Å²) in [7, 11) is 0. The van der Waals surface area contributed by atoms with Crippen molar-refractivity contribution in [2.75, 3.05) is 13.1 Å². The highest BCUT2D eigenvalue weighted by molar-refractivity contribution is 5.99. The van der Waals surface area contributed by atoms with Crippen LogP contribution in [0.4, 0.5) is 0 Å². The number of hydrogen-bond donors (Lipinski definition) is 2. The van der Waals surface area contributed by atoms with Gasteiger partial charge in [-0.2, -0.15) is 0 Å². The highest BCUT2D eigenvalue weighted by Gasteiger charge is 2.50. The van der Waals surface area contributed by atoms with Crippen molar-refractivity contribution in [3.8, 4) is 5.75 Å². The predicted molar refractivity (Wildman–Crippen MR) is 105 cm³/mol. The average Bonchev–Trinajstić information content (AvgIpc) is 3.17. The van der Waals surface area contributed by atoms with Gasteiger partial charge in [0.15, 0.2) is 5.78 Å². The maximum absolute atomic E-state index is 12.8. The molecule has 1 heterocycles. The van der Waals surface area contributed by atoms with Crippen LogP contribution in [-0.2, 0) is 5.60 Å². The number of phenolic OH excluding ortho intramolecular Hbond substituents is 1. The molecule has 4 heteroatoms. The van der Waals surface area contributed by atoms with Gasteiger partial charge in [0.1, 0.15) is 5.75 Å². The first-order valence-corrected chi connectivity index (χ1v) is 9.73. The fourth-order valence-corrected chi connectivity index (χ4v) is 5.05. The third-order valence-electron chi connectivity index (χ3n) is 6.53. The standard InChI is InChI=1S/C23H27NO3/c1-15-5-3-4-6-21(15)23(27)11-18-13-24(14-19(18)12-23)16(2)22(26)17-7-9-20(25)10-8-17/h3-10,16,18-19,25,27H,11-14H2,1-2H3/t16-,18-,19+,23?/m1/s1. The molecule has 1 saturated carbocycles. The summed E-state index contributed by atoms with van der Waals surface area (Å²) >= 11 is 0. The molecule has 2 aromatic rings. The van der Waals surface area contributed by atoms with Gasteiger partial charge >= 0.3 is 0 Å². The van der Waals surface area contributed by atoms with Gasteiger partial charge in [-0.05, 0) is 73.9 Å². The molecule has 1 aliphatic heterocycles. The van der Waals surface area contributed by atoms with Crippen molar-refractivity contribution in [3.63, 3.8) is 0 Å². The Bertz CT molecular complexity index is 831. The van der Waals surface area contributed by atoms with Gasteiger partial charge in [0, 0.05) is 18.7 Å². The fourth-order valence-electron chi connectivity index (χ4n) is 5.05. The van der Waals surface area contributed by atoms with E-state index in [1.165, 1.54) is 0 Å². The number of rotatable bonds is 4. The molecule has 4 nitrogen and oxygen atoms in total. The number of carbonyl (C=O) groups excluding carboxylic acids is 1. The van der Waals surface area contributed by atoms with E-state index in [9.17, 15) is 15.0 Å². The zero-order valence-corrected chi connectivity index (χ0v) is 15.9. The largest absolute Gasteiger partial charge is 0.508 e. The normalized spacial score (nSPS) is 28.9. The van der Waals surface area contributed by atoms with Gasteiger partial charge in [-0.15, -0.1) is 0 Å². The van der Waals surface area contributed by atoms with Crippen LogP contribution in [0.3, 0.4) is 0 Å². The lowest BCUT2D eigenvalue weighted by Gasteiger charge is -2.29. The molecule has 2 aliphatic rings. The number of aromatic hydroxyl groups is 1. The number of hydrogen-bond acceptors (Lipinski definition) is 4. The number of likely N-dealkylation sites (tertiary alicyclic amines) is 1. The SMILES string of the molecule is Cc1ccccc1C1(O)C[C@H]2CN([C@H](C)C(=O)c3ccc(O)cc3)C[C@H]2C1. The molecule has 0 bridgehead atoms. The highest BCUT2D eigenvalue weighted by Crippen LogP contribution is 2.50. The second-order valence-electron chi connectivity index (χ2n) is 8.32. The van der Waals surface area contributed by atoms with Crippen LogP contribution in [0.5, 0.6) is 5.75 Å². The molecule has 1 saturated heterocycles. The minimum atomic E-state index is -0.739. The van der Waals surface area contributed by atoms with Crippen LogP contribution < -0.4 is 0 Å². The molecule has 1 aliphatic carbocycles. The summed E-state index contributed by atoms with van der Waals surface area (Å²) in [6, 6.07) is 14.4. The van der Waals surface area contributed by atoms with Gasteiger partial charge in [0.05, 0.1) is 11.6 Å². The number of carbonyl (C=O) groups is 1. The van der Waals surface area contributed by atoms with E-state index in [2.05, 4.69) is 17.9 Å². The molecule has 0 radical (unpaired) electrons. The number of nitrogens with zero attached hydrogens (tertiary/aromatic N) is 1. The Labute approximate surface area is 160 Å². The van der Waals surface area contributed by atoms with Crippen molar-refractivity contribution in [3.05, 3.63) is 65.2 Å². The van der Waals surface area contributed by atoms with Crippen LogP contribution in [-0.4, -0.2) is 40.0 Å². The van der Waals surface area contributed by atoms with Crippen LogP contribution in [0.25, 0.3) is 0 Å². The van der Waals surface area contributed by atoms with E-state index in [4.69, 9.17) is 0 Å². The van der Waals surface area contributed by atoms with Crippen molar-refractivity contribution in [1.29, 1.82) is 0 Å². The Morgan fingerprint density at radius 1 is 1.07 bits per heavy atom. The maximum atomic E-state index is 12.8. The Morgan fingerprint density at radius 2 is 1.67 bits per heavy atom. The Balaban J connectivity index is 1.44. The molecule has 0 aromatic heterocycles. The third-order valence-corrected chi connectivity index (χ3v) is 6.53. The summed E-state index contributed by atoms with van der Waals surface area (Å²) in [4.78, 5) is 15.0. The summed E-state index contributed by atoms with van der Waals surface area (Å²) in [5, 5.41) is 20.7. The van der Waals surface area contributed by atoms with E-state index in [0.717, 1.165) is 37.1 Å². The smallest absolute Gasteiger partial charge is 0.179 e. The van der Waals surface area contributed by atoms with Crippen molar-refractivity contribution in [2.45, 2.75) is 38.3 Å². The summed E-state index contributed by atoms with van der Waals surface area (Å²) in [5.41, 5.74) is 2.09. The monoisotopic (exact) mass is 365 g/mol. The van der Waals surface area contributed by atoms with Crippen LogP contribution in [0.2, 0.25) is 0 Å². The first-order valence-electron chi connectivity index (χ1n) is 9.73. The molecule has 27 heavy (non-hydrogen) atoms. The van der Waals surface area contributed by atoms with E-state index in [1.807, 2.05) is 25.1 Å². The molecular weight excluding hydrogens is 338 g/mol. The summed E-state index contributed by atoms with van der Waals surface area (Å²) in [6.07, 6.45) is 1.53. The number of aliphatic hydroxyl groups is 1. The molecular formula is C23H27NO3. The molecule has 2 fully saturated rings. The van der Waals surface area contributed by atoms with Crippen LogP contribution in [0.1, 0.15) is 41.3 Å². The maximum Gasteiger partial charge on any atom is 0.179 e. The predicted octanol–water partition coefficient (Wildman–Crippen LogP) is 3.50. The number of ketones is 1. The third kappa shape index (κ3) is 3.28. The van der Waals surface area contributed by atoms with E-state index < -0.39 is 5.60 Å². The number of aryl methyl sites for hydroxylation is 1. The lowest BCUT2D eigenvalue weighted by atomic mass is 9.87. The van der Waals surface area contributed by atoms with Gasteiger partial charge in [-0.1, -0.05) is 24.3 Å². The zero-order chi connectivity index (χ0) is 19.2. The van der Waals surface area contributed by atoms with Gasteiger partial charge < -0.3 is 10.2 Å². The Kier molecular flexibility index (Phi) is 4.57. The minimum absolute atomic E-state index is 0.0872. The van der Waals surface area contributed by atoms with Gasteiger partial charge in [0.25, 0.3) is 0 Å². The van der Waals surface area contributed by atoms with E-state index in [-0.39, 0.29) is 17.6 Å². The number of benzene rings is 2. The number of fused-ring (bicyclic) bond motifs is 1. The first kappa shape index (κ1) is 18.2. The van der Waals surface area contributed by atoms with Crippen molar-refractivity contribution >= 4 is 5.78 Å². The molecule has 1 unspecified atom stereocenters. The van der Waals surface area contributed by atoms with Gasteiger partial charge in [-0.25, -0.2) is 0 Å². The molecule has 142 valence electrons. The van der Waals surface area contributed by atoms with Crippen LogP contribution in [0, 0.1) is 18.8 Å². The van der Waals surface area contributed by atoms with Gasteiger partial charge in [-0.3, -0.25) is 9.69 Å². The van der Waals surface area contributed by atoms with Crippen LogP contribution >= 0.6 is 0 Å². The van der Waals surface area contributed by atoms with Crippen molar-refractivity contribution in [2.24, 2.45) is 11.8 Å². The molecule has 2 N–H and O–H groups in total. The highest BCUT2D eigenvalue weighted by atomic mass is 16.3. The number of Topliss-reactive ketones (excluding diaryl/α,β-unsaturated/α-hetero) is 1. The molecule has 0 amide bonds. The lowest BCUT2D eigenvalue weighted by molar-refractivity contribution is 0.0292. The first-order chi connectivity index (χ1) is 12.9. The van der Waals surface area contributed by atoms with E-state index in [0.29, 0.717) is 17.4 Å². The van der Waals surface area contributed by atoms with Crippen molar-refractivity contribution < 1.29 is 15.0 Å². The summed E-state index contributed by atoms with van der Waals surface area (Å²) in [5.74, 6) is 1.10. The van der Waals surface area contributed by atoms with Crippen LogP contribution in [0.15, 0.2) is 48.5 Å². The fraction of sp³-hybridized carbons (Fsp3) is 0.435. The molecule has 4 rings (SSSR count). The minimum Gasteiger partial charge on any atom is -0.508 e. The Hall–Kier alpha value is -2.17. The second-order valence-corrected chi connectivity index (χ2v) is 8.32. The number of phenols is 1. The second kappa shape index (κ2) is 6.77. The summed E-state index contributed by atoms with van der Waals surface area (Å²) in [6.45, 7) is 5.73. The average molecular weight is 365 g/mol. The lowest BCUT2D eigenvalue weighted by Crippen LogP contribution is -2.39. The quantitative estimate of drug-likeness (QED) is 0.814. The van der Waals surface area contributed by atoms with E-state index >= 15 is 0 Å². The topological polar surface area (TPSA) is 60.8 Å².